The first kappa shape index (κ1) is 23.6. The van der Waals surface area contributed by atoms with Crippen LogP contribution in [0.25, 0.3) is 6.08 Å². The summed E-state index contributed by atoms with van der Waals surface area (Å²) in [6.07, 6.45) is 1.67. The molecule has 0 bridgehead atoms. The molecular formula is C24H20ClN3O5S. The van der Waals surface area contributed by atoms with E-state index in [9.17, 15) is 19.7 Å². The minimum Gasteiger partial charge on any atom is -0.463 e. The van der Waals surface area contributed by atoms with Gasteiger partial charge in [0.15, 0.2) is 4.80 Å². The Morgan fingerprint density at radius 2 is 2.03 bits per heavy atom. The van der Waals surface area contributed by atoms with Crippen molar-refractivity contribution in [3.05, 3.63) is 105 Å². The molecule has 0 saturated heterocycles. The van der Waals surface area contributed by atoms with E-state index in [0.717, 1.165) is 11.3 Å². The molecule has 8 nitrogen and oxygen atoms in total. The Labute approximate surface area is 203 Å². The van der Waals surface area contributed by atoms with Crippen LogP contribution < -0.4 is 14.9 Å². The highest BCUT2D eigenvalue weighted by Gasteiger charge is 2.34. The summed E-state index contributed by atoms with van der Waals surface area (Å²) in [5.41, 5.74) is 1.62. The van der Waals surface area contributed by atoms with E-state index in [4.69, 9.17) is 16.3 Å². The number of esters is 1. The van der Waals surface area contributed by atoms with Gasteiger partial charge in [0.2, 0.25) is 0 Å². The number of halogens is 1. The molecule has 0 saturated carbocycles. The van der Waals surface area contributed by atoms with E-state index in [1.54, 1.807) is 57.2 Å². The average Bonchev–Trinajstić information content (AvgIpc) is 3.09. The third-order valence-electron chi connectivity index (χ3n) is 5.45. The molecular weight excluding hydrogens is 478 g/mol. The summed E-state index contributed by atoms with van der Waals surface area (Å²) >= 11 is 7.43. The fraction of sp³-hybridized carbons (Fsp3) is 0.208. The van der Waals surface area contributed by atoms with Crippen LogP contribution in [0.15, 0.2) is 63.5 Å². The Kier molecular flexibility index (Phi) is 6.49. The van der Waals surface area contributed by atoms with Gasteiger partial charge in [0, 0.05) is 16.7 Å². The number of carbonyl (C=O) groups excluding carboxylic acids is 1. The number of nitro groups is 1. The van der Waals surface area contributed by atoms with Gasteiger partial charge < -0.3 is 4.74 Å². The molecule has 0 aliphatic carbocycles. The molecule has 0 amide bonds. The summed E-state index contributed by atoms with van der Waals surface area (Å²) in [4.78, 5) is 42.5. The quantitative estimate of drug-likeness (QED) is 0.304. The number of ether oxygens (including phenoxy) is 1. The molecule has 4 rings (SSSR count). The second-order valence-corrected chi connectivity index (χ2v) is 9.04. The lowest BCUT2D eigenvalue weighted by Crippen LogP contribution is -2.40. The topological polar surface area (TPSA) is 104 Å². The van der Waals surface area contributed by atoms with Crippen LogP contribution in [0.2, 0.25) is 5.02 Å². The predicted molar refractivity (Wildman–Crippen MR) is 130 cm³/mol. The van der Waals surface area contributed by atoms with Crippen molar-refractivity contribution >= 4 is 40.7 Å². The molecule has 3 aromatic rings. The van der Waals surface area contributed by atoms with Crippen molar-refractivity contribution in [3.8, 4) is 0 Å². The van der Waals surface area contributed by atoms with Gasteiger partial charge in [-0.05, 0) is 44.0 Å². The number of nitrogens with zero attached hydrogens (tertiary/aromatic N) is 3. The van der Waals surface area contributed by atoms with Gasteiger partial charge >= 0.3 is 5.97 Å². The number of aromatic nitrogens is 1. The van der Waals surface area contributed by atoms with E-state index in [2.05, 4.69) is 4.99 Å². The number of rotatable bonds is 5. The van der Waals surface area contributed by atoms with Crippen LogP contribution in [0, 0.1) is 17.0 Å². The van der Waals surface area contributed by atoms with Crippen LogP contribution in [-0.2, 0) is 9.53 Å². The minimum absolute atomic E-state index is 0.103. The van der Waals surface area contributed by atoms with Gasteiger partial charge in [-0.2, -0.15) is 0 Å². The Morgan fingerprint density at radius 3 is 2.71 bits per heavy atom. The van der Waals surface area contributed by atoms with Crippen LogP contribution in [0.4, 0.5) is 5.69 Å². The molecule has 0 N–H and O–H groups in total. The Hall–Kier alpha value is -3.56. The predicted octanol–water partition coefficient (Wildman–Crippen LogP) is 3.67. The molecule has 1 aliphatic heterocycles. The molecule has 1 aromatic heterocycles. The van der Waals surface area contributed by atoms with Crippen molar-refractivity contribution in [1.29, 1.82) is 0 Å². The summed E-state index contributed by atoms with van der Waals surface area (Å²) in [6.45, 7) is 5.10. The molecule has 174 valence electrons. The summed E-state index contributed by atoms with van der Waals surface area (Å²) in [5.74, 6) is -0.627. The van der Waals surface area contributed by atoms with Crippen LogP contribution in [0.3, 0.4) is 0 Å². The second kappa shape index (κ2) is 9.36. The first-order valence-electron chi connectivity index (χ1n) is 10.4. The summed E-state index contributed by atoms with van der Waals surface area (Å²) < 4.78 is 7.01. The fourth-order valence-electron chi connectivity index (χ4n) is 3.83. The highest BCUT2D eigenvalue weighted by molar-refractivity contribution is 7.07. The number of thiazole rings is 1. The Balaban J connectivity index is 2.01. The van der Waals surface area contributed by atoms with Gasteiger partial charge in [-0.25, -0.2) is 9.79 Å². The van der Waals surface area contributed by atoms with Crippen LogP contribution in [0.5, 0.6) is 0 Å². The molecule has 34 heavy (non-hydrogen) atoms. The molecule has 0 spiro atoms. The second-order valence-electron chi connectivity index (χ2n) is 7.63. The maximum atomic E-state index is 13.6. The van der Waals surface area contributed by atoms with Crippen molar-refractivity contribution in [2.45, 2.75) is 26.8 Å². The van der Waals surface area contributed by atoms with E-state index < -0.39 is 16.9 Å². The first-order chi connectivity index (χ1) is 16.2. The smallest absolute Gasteiger partial charge is 0.338 e. The number of aryl methyl sites for hydroxylation is 1. The van der Waals surface area contributed by atoms with Crippen molar-refractivity contribution in [3.63, 3.8) is 0 Å². The van der Waals surface area contributed by atoms with Crippen molar-refractivity contribution in [2.24, 2.45) is 4.99 Å². The third kappa shape index (κ3) is 4.20. The van der Waals surface area contributed by atoms with E-state index in [-0.39, 0.29) is 23.4 Å². The fourth-order valence-corrected chi connectivity index (χ4v) is 5.06. The number of benzene rings is 2. The molecule has 0 radical (unpaired) electrons. The van der Waals surface area contributed by atoms with E-state index in [0.29, 0.717) is 36.7 Å². The largest absolute Gasteiger partial charge is 0.463 e. The minimum atomic E-state index is -0.928. The van der Waals surface area contributed by atoms with Crippen molar-refractivity contribution < 1.29 is 14.5 Å². The summed E-state index contributed by atoms with van der Waals surface area (Å²) in [7, 11) is 0. The Bertz CT molecular complexity index is 1540. The lowest BCUT2D eigenvalue weighted by molar-refractivity contribution is -0.385. The van der Waals surface area contributed by atoms with E-state index in [1.807, 2.05) is 6.07 Å². The molecule has 2 heterocycles. The maximum Gasteiger partial charge on any atom is 0.338 e. The van der Waals surface area contributed by atoms with Gasteiger partial charge in [0.25, 0.3) is 11.2 Å². The van der Waals surface area contributed by atoms with Crippen molar-refractivity contribution in [1.82, 2.24) is 4.57 Å². The third-order valence-corrected chi connectivity index (χ3v) is 6.78. The number of hydrogen-bond donors (Lipinski definition) is 0. The van der Waals surface area contributed by atoms with Crippen LogP contribution >= 0.6 is 22.9 Å². The highest BCUT2D eigenvalue weighted by atomic mass is 35.5. The standard InChI is InChI=1S/C24H20ClN3O5S/c1-4-33-23(30)20-14(3)26-24-27(21(20)16-10-9-13(2)18(11-16)28(31)32)22(29)19(34-24)12-15-7-5-6-8-17(15)25/h5-12,21H,4H2,1-3H3/b19-12+/t21-/m1/s1. The monoisotopic (exact) mass is 497 g/mol. The summed E-state index contributed by atoms with van der Waals surface area (Å²) in [6, 6.07) is 10.9. The number of nitro benzene ring substituents is 1. The van der Waals surface area contributed by atoms with Gasteiger partial charge in [0.1, 0.15) is 0 Å². The Morgan fingerprint density at radius 1 is 1.29 bits per heavy atom. The zero-order valence-electron chi connectivity index (χ0n) is 18.6. The van der Waals surface area contributed by atoms with Crippen LogP contribution in [-0.4, -0.2) is 22.1 Å². The lowest BCUT2D eigenvalue weighted by Gasteiger charge is -2.24. The SMILES string of the molecule is CCOC(=O)C1=C(C)N=c2s/c(=C/c3ccccc3Cl)c(=O)n2[C@@H]1c1ccc(C)c([N+](=O)[O-])c1. The van der Waals surface area contributed by atoms with Gasteiger partial charge in [0.05, 0.1) is 33.4 Å². The summed E-state index contributed by atoms with van der Waals surface area (Å²) in [5, 5.41) is 12.1. The van der Waals surface area contributed by atoms with Gasteiger partial charge in [-0.15, -0.1) is 0 Å². The zero-order valence-corrected chi connectivity index (χ0v) is 20.1. The zero-order chi connectivity index (χ0) is 24.6. The van der Waals surface area contributed by atoms with Gasteiger partial charge in [-0.3, -0.25) is 19.5 Å². The average molecular weight is 498 g/mol. The molecule has 2 aromatic carbocycles. The number of hydrogen-bond acceptors (Lipinski definition) is 7. The van der Waals surface area contributed by atoms with Crippen LogP contribution in [0.1, 0.15) is 36.6 Å². The lowest BCUT2D eigenvalue weighted by atomic mass is 9.94. The number of allylic oxidation sites excluding steroid dienone is 1. The van der Waals surface area contributed by atoms with Gasteiger partial charge in [-0.1, -0.05) is 53.3 Å². The molecule has 0 fully saturated rings. The number of fused-ring (bicyclic) bond motifs is 1. The highest BCUT2D eigenvalue weighted by Crippen LogP contribution is 2.33. The number of carbonyl (C=O) groups is 1. The maximum absolute atomic E-state index is 13.6. The molecule has 1 aliphatic rings. The van der Waals surface area contributed by atoms with E-state index >= 15 is 0 Å². The first-order valence-corrected chi connectivity index (χ1v) is 11.6. The molecule has 0 unspecified atom stereocenters. The van der Waals surface area contributed by atoms with Crippen molar-refractivity contribution in [2.75, 3.05) is 6.61 Å². The molecule has 1 atom stereocenters. The molecule has 10 heteroatoms. The van der Waals surface area contributed by atoms with E-state index in [1.165, 1.54) is 10.6 Å². The normalized spacial score (nSPS) is 15.6.